The molecule has 6 nitrogen and oxygen atoms in total. The van der Waals surface area contributed by atoms with Crippen molar-refractivity contribution in [2.75, 3.05) is 11.9 Å². The Morgan fingerprint density at radius 3 is 2.81 bits per heavy atom. The molecule has 1 aromatic carbocycles. The van der Waals surface area contributed by atoms with Crippen LogP contribution in [-0.4, -0.2) is 28.3 Å². The molecule has 0 saturated heterocycles. The number of aryl methyl sites for hydroxylation is 1. The molecule has 0 aliphatic rings. The number of urea groups is 1. The van der Waals surface area contributed by atoms with E-state index in [1.54, 1.807) is 6.20 Å². The smallest absolute Gasteiger partial charge is 0.319 e. The number of rotatable bonds is 6. The molecule has 0 atom stereocenters. The lowest BCUT2D eigenvalue weighted by atomic mass is 10.0. The molecule has 2 amide bonds. The van der Waals surface area contributed by atoms with Crippen molar-refractivity contribution in [2.45, 2.75) is 26.7 Å². The first kappa shape index (κ1) is 18.6. The molecule has 0 unspecified atom stereocenters. The SMILES string of the molecule is CCCCNC(=O)Nc1ccc(F)c(C(=O)c2c[nH]c3ncc(C)cc23)c1. The van der Waals surface area contributed by atoms with Crippen molar-refractivity contribution in [3.8, 4) is 0 Å². The van der Waals surface area contributed by atoms with Gasteiger partial charge >= 0.3 is 6.03 Å². The third kappa shape index (κ3) is 4.13. The van der Waals surface area contributed by atoms with Gasteiger partial charge in [-0.3, -0.25) is 4.79 Å². The lowest BCUT2D eigenvalue weighted by Gasteiger charge is -2.09. The van der Waals surface area contributed by atoms with Gasteiger partial charge in [0, 0.05) is 35.6 Å². The first-order valence-electron chi connectivity index (χ1n) is 8.82. The van der Waals surface area contributed by atoms with Crippen LogP contribution in [-0.2, 0) is 0 Å². The summed E-state index contributed by atoms with van der Waals surface area (Å²) >= 11 is 0. The molecule has 2 aromatic heterocycles. The van der Waals surface area contributed by atoms with Crippen molar-refractivity contribution in [3.05, 3.63) is 59.2 Å². The summed E-state index contributed by atoms with van der Waals surface area (Å²) in [6.45, 7) is 4.45. The lowest BCUT2D eigenvalue weighted by molar-refractivity contribution is 0.103. The highest BCUT2D eigenvalue weighted by atomic mass is 19.1. The van der Waals surface area contributed by atoms with Crippen LogP contribution in [0, 0.1) is 12.7 Å². The molecule has 0 fully saturated rings. The van der Waals surface area contributed by atoms with Crippen LogP contribution in [0.2, 0.25) is 0 Å². The van der Waals surface area contributed by atoms with Crippen molar-refractivity contribution in [2.24, 2.45) is 0 Å². The second kappa shape index (κ2) is 7.99. The van der Waals surface area contributed by atoms with E-state index >= 15 is 0 Å². The van der Waals surface area contributed by atoms with Crippen LogP contribution in [0.15, 0.2) is 36.7 Å². The Bertz CT molecular complexity index is 997. The van der Waals surface area contributed by atoms with E-state index in [2.05, 4.69) is 20.6 Å². The van der Waals surface area contributed by atoms with E-state index < -0.39 is 11.6 Å². The normalized spacial score (nSPS) is 10.8. The first-order chi connectivity index (χ1) is 13.0. The monoisotopic (exact) mass is 368 g/mol. The van der Waals surface area contributed by atoms with Crippen molar-refractivity contribution >= 4 is 28.5 Å². The topological polar surface area (TPSA) is 86.9 Å². The largest absolute Gasteiger partial charge is 0.345 e. The summed E-state index contributed by atoms with van der Waals surface area (Å²) in [5, 5.41) is 5.97. The fourth-order valence-electron chi connectivity index (χ4n) is 2.77. The van der Waals surface area contributed by atoms with Gasteiger partial charge in [-0.25, -0.2) is 14.2 Å². The Kier molecular flexibility index (Phi) is 5.49. The van der Waals surface area contributed by atoms with Gasteiger partial charge in [0.1, 0.15) is 11.5 Å². The molecule has 0 spiro atoms. The second-order valence-corrected chi connectivity index (χ2v) is 6.37. The molecule has 0 saturated carbocycles. The van der Waals surface area contributed by atoms with Crippen molar-refractivity contribution in [3.63, 3.8) is 0 Å². The number of H-pyrrole nitrogens is 1. The van der Waals surface area contributed by atoms with Crippen molar-refractivity contribution in [1.29, 1.82) is 0 Å². The van der Waals surface area contributed by atoms with E-state index in [4.69, 9.17) is 0 Å². The van der Waals surface area contributed by atoms with Gasteiger partial charge in [0.05, 0.1) is 5.56 Å². The van der Waals surface area contributed by atoms with Crippen LogP contribution >= 0.6 is 0 Å². The third-order valence-electron chi connectivity index (χ3n) is 4.20. The number of pyridine rings is 1. The molecule has 0 aliphatic heterocycles. The molecule has 140 valence electrons. The highest BCUT2D eigenvalue weighted by Gasteiger charge is 2.19. The van der Waals surface area contributed by atoms with Gasteiger partial charge in [-0.1, -0.05) is 13.3 Å². The molecule has 27 heavy (non-hydrogen) atoms. The molecule has 7 heteroatoms. The van der Waals surface area contributed by atoms with E-state index in [1.807, 2.05) is 19.9 Å². The van der Waals surface area contributed by atoms with Gasteiger partial charge in [0.25, 0.3) is 0 Å². The molecular formula is C20H21FN4O2. The molecule has 3 rings (SSSR count). The number of halogens is 1. The van der Waals surface area contributed by atoms with Gasteiger partial charge in [0.2, 0.25) is 0 Å². The summed E-state index contributed by atoms with van der Waals surface area (Å²) in [4.78, 5) is 31.9. The van der Waals surface area contributed by atoms with Crippen LogP contribution in [0.25, 0.3) is 11.0 Å². The van der Waals surface area contributed by atoms with E-state index in [0.717, 1.165) is 18.4 Å². The third-order valence-corrected chi connectivity index (χ3v) is 4.20. The van der Waals surface area contributed by atoms with E-state index in [9.17, 15) is 14.0 Å². The van der Waals surface area contributed by atoms with Gasteiger partial charge in [-0.05, 0) is 43.2 Å². The summed E-state index contributed by atoms with van der Waals surface area (Å²) in [7, 11) is 0. The van der Waals surface area contributed by atoms with Gasteiger partial charge in [0.15, 0.2) is 5.78 Å². The first-order valence-corrected chi connectivity index (χ1v) is 8.82. The fraction of sp³-hybridized carbons (Fsp3) is 0.250. The summed E-state index contributed by atoms with van der Waals surface area (Å²) in [6, 6.07) is 5.38. The second-order valence-electron chi connectivity index (χ2n) is 6.37. The van der Waals surface area contributed by atoms with E-state index in [1.165, 1.54) is 24.4 Å². The number of unbranched alkanes of at least 4 members (excludes halogenated alkanes) is 1. The number of carbonyl (C=O) groups is 2. The lowest BCUT2D eigenvalue weighted by Crippen LogP contribution is -2.29. The maximum absolute atomic E-state index is 14.3. The number of amides is 2. The number of nitrogens with one attached hydrogen (secondary N) is 3. The fourth-order valence-corrected chi connectivity index (χ4v) is 2.77. The number of ketones is 1. The number of aromatic amines is 1. The zero-order valence-corrected chi connectivity index (χ0v) is 15.2. The molecule has 3 aromatic rings. The molecule has 0 radical (unpaired) electrons. The number of anilines is 1. The predicted octanol–water partition coefficient (Wildman–Crippen LogP) is 4.16. The van der Waals surface area contributed by atoms with E-state index in [-0.39, 0.29) is 11.6 Å². The summed E-state index contributed by atoms with van der Waals surface area (Å²) in [5.41, 5.74) is 2.04. The summed E-state index contributed by atoms with van der Waals surface area (Å²) in [6.07, 6.45) is 5.05. The van der Waals surface area contributed by atoms with Crippen LogP contribution in [0.3, 0.4) is 0 Å². The number of carbonyl (C=O) groups excluding carboxylic acids is 2. The molecule has 0 bridgehead atoms. The van der Waals surface area contributed by atoms with Crippen molar-refractivity contribution in [1.82, 2.24) is 15.3 Å². The quantitative estimate of drug-likeness (QED) is 0.451. The number of hydrogen-bond acceptors (Lipinski definition) is 3. The van der Waals surface area contributed by atoms with Crippen LogP contribution in [0.1, 0.15) is 41.3 Å². The zero-order valence-electron chi connectivity index (χ0n) is 15.2. The maximum Gasteiger partial charge on any atom is 0.319 e. The summed E-state index contributed by atoms with van der Waals surface area (Å²) in [5.74, 6) is -1.12. The highest BCUT2D eigenvalue weighted by molar-refractivity contribution is 6.16. The van der Waals surface area contributed by atoms with Gasteiger partial charge < -0.3 is 15.6 Å². The predicted molar refractivity (Wildman–Crippen MR) is 103 cm³/mol. The van der Waals surface area contributed by atoms with Crippen LogP contribution in [0.5, 0.6) is 0 Å². The molecule has 3 N–H and O–H groups in total. The van der Waals surface area contributed by atoms with Crippen molar-refractivity contribution < 1.29 is 14.0 Å². The number of hydrogen-bond donors (Lipinski definition) is 3. The average molecular weight is 368 g/mol. The van der Waals surface area contributed by atoms with Crippen LogP contribution < -0.4 is 10.6 Å². The van der Waals surface area contributed by atoms with Gasteiger partial charge in [-0.2, -0.15) is 0 Å². The Morgan fingerprint density at radius 2 is 2.04 bits per heavy atom. The molecule has 2 heterocycles. The zero-order chi connectivity index (χ0) is 19.4. The standard InChI is InChI=1S/C20H21FN4O2/c1-3-4-7-22-20(27)25-13-5-6-17(21)15(9-13)18(26)16-11-24-19-14(16)8-12(2)10-23-19/h5-6,8-11H,3-4,7H2,1-2H3,(H,23,24)(H2,22,25,27). The number of aromatic nitrogens is 2. The number of nitrogens with zero attached hydrogens (tertiary/aromatic N) is 1. The Hall–Kier alpha value is -3.22. The summed E-state index contributed by atoms with van der Waals surface area (Å²) < 4.78 is 14.3. The highest BCUT2D eigenvalue weighted by Crippen LogP contribution is 2.24. The number of benzene rings is 1. The average Bonchev–Trinajstić information content (AvgIpc) is 3.06. The minimum atomic E-state index is -0.646. The van der Waals surface area contributed by atoms with E-state index in [0.29, 0.717) is 28.8 Å². The number of fused-ring (bicyclic) bond motifs is 1. The van der Waals surface area contributed by atoms with Crippen LogP contribution in [0.4, 0.5) is 14.9 Å². The minimum absolute atomic E-state index is 0.108. The van der Waals surface area contributed by atoms with Gasteiger partial charge in [-0.15, -0.1) is 0 Å². The minimum Gasteiger partial charge on any atom is -0.345 e. The Labute approximate surface area is 156 Å². The maximum atomic E-state index is 14.3. The Balaban J connectivity index is 1.86. The Morgan fingerprint density at radius 1 is 1.22 bits per heavy atom. The molecule has 0 aliphatic carbocycles. The molecular weight excluding hydrogens is 347 g/mol.